The molecule has 0 bridgehead atoms. The Morgan fingerprint density at radius 3 is 2.38 bits per heavy atom. The summed E-state index contributed by atoms with van der Waals surface area (Å²) in [5.41, 5.74) is 0.912. The highest BCUT2D eigenvalue weighted by Gasteiger charge is 2.30. The molecule has 0 aliphatic rings. The Labute approximate surface area is 183 Å². The minimum Gasteiger partial charge on any atom is -0.469 e. The Kier molecular flexibility index (Phi) is 7.35. The number of alkyl halides is 3. The highest BCUT2D eigenvalue weighted by molar-refractivity contribution is 5.95. The highest BCUT2D eigenvalue weighted by atomic mass is 19.4. The smallest absolute Gasteiger partial charge is 0.416 e. The van der Waals surface area contributed by atoms with Gasteiger partial charge in [0.05, 0.1) is 17.4 Å². The predicted octanol–water partition coefficient (Wildman–Crippen LogP) is 4.96. The largest absolute Gasteiger partial charge is 0.469 e. The Morgan fingerprint density at radius 2 is 1.72 bits per heavy atom. The zero-order valence-corrected chi connectivity index (χ0v) is 17.5. The summed E-state index contributed by atoms with van der Waals surface area (Å²) >= 11 is 0. The van der Waals surface area contributed by atoms with Crippen molar-refractivity contribution in [2.45, 2.75) is 32.6 Å². The number of rotatable bonds is 8. The van der Waals surface area contributed by atoms with Crippen LogP contribution in [-0.2, 0) is 24.1 Å². The molecule has 5 nitrogen and oxygen atoms in total. The number of hydrogen-bond acceptors (Lipinski definition) is 3. The summed E-state index contributed by atoms with van der Waals surface area (Å²) in [5, 5.41) is 2.62. The van der Waals surface area contributed by atoms with E-state index in [1.807, 2.05) is 30.3 Å². The van der Waals surface area contributed by atoms with Crippen LogP contribution in [0.25, 0.3) is 0 Å². The first-order valence-electron chi connectivity index (χ1n) is 10.0. The molecule has 0 aliphatic heterocycles. The van der Waals surface area contributed by atoms with Gasteiger partial charge < -0.3 is 14.6 Å². The first-order chi connectivity index (χ1) is 15.2. The first kappa shape index (κ1) is 23.1. The monoisotopic (exact) mass is 444 g/mol. The van der Waals surface area contributed by atoms with E-state index < -0.39 is 11.7 Å². The molecule has 8 heteroatoms. The van der Waals surface area contributed by atoms with E-state index in [1.54, 1.807) is 17.9 Å². The Bertz CT molecular complexity index is 1060. The third-order valence-electron chi connectivity index (χ3n) is 4.95. The van der Waals surface area contributed by atoms with E-state index in [2.05, 4.69) is 5.32 Å². The molecule has 0 saturated heterocycles. The second kappa shape index (κ2) is 10.2. The molecule has 32 heavy (non-hydrogen) atoms. The number of nitrogens with zero attached hydrogens (tertiary/aromatic N) is 1. The maximum absolute atomic E-state index is 13.0. The number of amides is 2. The average Bonchev–Trinajstić information content (AvgIpc) is 3.21. The fraction of sp³-hybridized carbons (Fsp3) is 0.250. The molecule has 0 radical (unpaired) electrons. The molecule has 1 heterocycles. The Morgan fingerprint density at radius 1 is 1.00 bits per heavy atom. The topological polar surface area (TPSA) is 62.6 Å². The van der Waals surface area contributed by atoms with E-state index in [9.17, 15) is 22.8 Å². The molecule has 168 valence electrons. The number of furan rings is 1. The second-order valence-electron chi connectivity index (χ2n) is 7.33. The van der Waals surface area contributed by atoms with E-state index in [-0.39, 0.29) is 31.3 Å². The summed E-state index contributed by atoms with van der Waals surface area (Å²) < 4.78 is 43.8. The molecule has 1 N–H and O–H groups in total. The predicted molar refractivity (Wildman–Crippen MR) is 113 cm³/mol. The summed E-state index contributed by atoms with van der Waals surface area (Å²) in [7, 11) is 0. The Hall–Kier alpha value is -3.55. The second-order valence-corrected chi connectivity index (χ2v) is 7.33. The quantitative estimate of drug-likeness (QED) is 0.535. The molecule has 0 spiro atoms. The van der Waals surface area contributed by atoms with Gasteiger partial charge in [-0.2, -0.15) is 13.2 Å². The summed E-state index contributed by atoms with van der Waals surface area (Å²) in [6.45, 7) is 2.11. The molecular formula is C24H23F3N2O3. The van der Waals surface area contributed by atoms with Crippen LogP contribution >= 0.6 is 0 Å². The van der Waals surface area contributed by atoms with Gasteiger partial charge in [0.25, 0.3) is 5.91 Å². The van der Waals surface area contributed by atoms with Crippen LogP contribution in [0.15, 0.2) is 71.3 Å². The van der Waals surface area contributed by atoms with Crippen LogP contribution in [0.3, 0.4) is 0 Å². The number of halogens is 3. The van der Waals surface area contributed by atoms with Crippen LogP contribution in [0.5, 0.6) is 0 Å². The van der Waals surface area contributed by atoms with Crippen LogP contribution in [-0.4, -0.2) is 23.3 Å². The van der Waals surface area contributed by atoms with Crippen molar-refractivity contribution in [3.63, 3.8) is 0 Å². The number of hydrogen-bond donors (Lipinski definition) is 1. The van der Waals surface area contributed by atoms with E-state index in [0.717, 1.165) is 17.7 Å². The van der Waals surface area contributed by atoms with Gasteiger partial charge in [-0.25, -0.2) is 0 Å². The van der Waals surface area contributed by atoms with Crippen LogP contribution < -0.4 is 5.32 Å². The van der Waals surface area contributed by atoms with Gasteiger partial charge in [-0.1, -0.05) is 42.5 Å². The van der Waals surface area contributed by atoms with Crippen molar-refractivity contribution in [3.8, 4) is 0 Å². The van der Waals surface area contributed by atoms with Crippen LogP contribution in [0.2, 0.25) is 0 Å². The van der Waals surface area contributed by atoms with Gasteiger partial charge in [-0.3, -0.25) is 9.59 Å². The molecule has 0 atom stereocenters. The van der Waals surface area contributed by atoms with Crippen molar-refractivity contribution in [1.82, 2.24) is 10.2 Å². The van der Waals surface area contributed by atoms with Gasteiger partial charge in [0, 0.05) is 26.1 Å². The van der Waals surface area contributed by atoms with Gasteiger partial charge in [-0.15, -0.1) is 0 Å². The summed E-state index contributed by atoms with van der Waals surface area (Å²) in [6.07, 6.45) is -3.00. The molecule has 2 amide bonds. The summed E-state index contributed by atoms with van der Waals surface area (Å²) in [4.78, 5) is 26.9. The van der Waals surface area contributed by atoms with Crippen LogP contribution in [0.4, 0.5) is 13.2 Å². The SMILES string of the molecule is Cc1occc1C(=O)N(CCC(=O)NCc1cccc(C(F)(F)F)c1)Cc1ccccc1. The molecule has 3 rings (SSSR count). The van der Waals surface area contributed by atoms with Crippen LogP contribution in [0.1, 0.15) is 39.2 Å². The van der Waals surface area contributed by atoms with Crippen molar-refractivity contribution in [1.29, 1.82) is 0 Å². The standard InChI is InChI=1S/C24H23F3N2O3/c1-17-21(11-13-32-17)23(31)29(16-18-6-3-2-4-7-18)12-10-22(30)28-15-19-8-5-9-20(14-19)24(25,26)27/h2-9,11,13-14H,10,12,15-16H2,1H3,(H,28,30). The maximum Gasteiger partial charge on any atom is 0.416 e. The number of carbonyl (C=O) groups is 2. The molecule has 2 aromatic carbocycles. The molecule has 0 fully saturated rings. The minimum absolute atomic E-state index is 0.00837. The van der Waals surface area contributed by atoms with Crippen molar-refractivity contribution < 1.29 is 27.2 Å². The lowest BCUT2D eigenvalue weighted by Crippen LogP contribution is -2.35. The lowest BCUT2D eigenvalue weighted by atomic mass is 10.1. The Balaban J connectivity index is 1.62. The molecular weight excluding hydrogens is 421 g/mol. The number of nitrogens with one attached hydrogen (secondary N) is 1. The number of aryl methyl sites for hydroxylation is 1. The molecule has 0 saturated carbocycles. The van der Waals surface area contributed by atoms with E-state index in [0.29, 0.717) is 23.4 Å². The van der Waals surface area contributed by atoms with E-state index >= 15 is 0 Å². The van der Waals surface area contributed by atoms with Gasteiger partial charge in [0.1, 0.15) is 5.76 Å². The van der Waals surface area contributed by atoms with Crippen LogP contribution in [0, 0.1) is 6.92 Å². The number of benzene rings is 2. The normalized spacial score (nSPS) is 11.2. The molecule has 3 aromatic rings. The maximum atomic E-state index is 13.0. The lowest BCUT2D eigenvalue weighted by Gasteiger charge is -2.22. The van der Waals surface area contributed by atoms with E-state index in [1.165, 1.54) is 18.4 Å². The van der Waals surface area contributed by atoms with E-state index in [4.69, 9.17) is 4.42 Å². The third kappa shape index (κ3) is 6.23. The molecule has 0 aliphatic carbocycles. The van der Waals surface area contributed by atoms with Gasteiger partial charge in [0.2, 0.25) is 5.91 Å². The fourth-order valence-electron chi connectivity index (χ4n) is 3.22. The highest BCUT2D eigenvalue weighted by Crippen LogP contribution is 2.29. The van der Waals surface area contributed by atoms with Crippen molar-refractivity contribution in [2.75, 3.05) is 6.54 Å². The molecule has 1 aromatic heterocycles. The minimum atomic E-state index is -4.44. The number of carbonyl (C=O) groups excluding carboxylic acids is 2. The molecule has 0 unspecified atom stereocenters. The van der Waals surface area contributed by atoms with Crippen molar-refractivity contribution in [3.05, 3.63) is 94.9 Å². The van der Waals surface area contributed by atoms with Crippen molar-refractivity contribution in [2.24, 2.45) is 0 Å². The average molecular weight is 444 g/mol. The first-order valence-corrected chi connectivity index (χ1v) is 10.0. The fourth-order valence-corrected chi connectivity index (χ4v) is 3.22. The third-order valence-corrected chi connectivity index (χ3v) is 4.95. The zero-order valence-electron chi connectivity index (χ0n) is 17.5. The zero-order chi connectivity index (χ0) is 23.1. The summed E-state index contributed by atoms with van der Waals surface area (Å²) in [5.74, 6) is -0.134. The summed E-state index contributed by atoms with van der Waals surface area (Å²) in [6, 6.07) is 15.8. The van der Waals surface area contributed by atoms with Gasteiger partial charge in [-0.05, 0) is 36.2 Å². The lowest BCUT2D eigenvalue weighted by molar-refractivity contribution is -0.137. The van der Waals surface area contributed by atoms with Gasteiger partial charge in [0.15, 0.2) is 0 Å². The van der Waals surface area contributed by atoms with Gasteiger partial charge >= 0.3 is 6.18 Å². The van der Waals surface area contributed by atoms with Crippen molar-refractivity contribution >= 4 is 11.8 Å².